The summed E-state index contributed by atoms with van der Waals surface area (Å²) in [5, 5.41) is 3.08. The van der Waals surface area contributed by atoms with Gasteiger partial charge in [-0.2, -0.15) is 0 Å². The van der Waals surface area contributed by atoms with Crippen LogP contribution in [0.25, 0.3) is 0 Å². The van der Waals surface area contributed by atoms with Crippen molar-refractivity contribution in [1.82, 2.24) is 5.32 Å². The van der Waals surface area contributed by atoms with E-state index >= 15 is 0 Å². The molecule has 98 valence electrons. The quantitative estimate of drug-likeness (QED) is 0.595. The third kappa shape index (κ3) is 4.34. The van der Waals surface area contributed by atoms with Crippen LogP contribution in [0.3, 0.4) is 0 Å². The Morgan fingerprint density at radius 2 is 1.94 bits per heavy atom. The molecule has 0 aliphatic rings. The van der Waals surface area contributed by atoms with E-state index in [0.717, 1.165) is 5.75 Å². The summed E-state index contributed by atoms with van der Waals surface area (Å²) in [6.07, 6.45) is 1.88. The summed E-state index contributed by atoms with van der Waals surface area (Å²) in [5.41, 5.74) is 0.690. The minimum Gasteiger partial charge on any atom is -0.491 e. The molecule has 0 heterocycles. The zero-order chi connectivity index (χ0) is 13.5. The highest BCUT2D eigenvalue weighted by Crippen LogP contribution is 2.14. The summed E-state index contributed by atoms with van der Waals surface area (Å²) < 4.78 is 5.53. The Balaban J connectivity index is 2.66. The first-order valence-corrected chi connectivity index (χ1v) is 6.19. The smallest absolute Gasteiger partial charge is 0.179 e. The van der Waals surface area contributed by atoms with Crippen molar-refractivity contribution in [3.63, 3.8) is 0 Å². The van der Waals surface area contributed by atoms with Gasteiger partial charge in [0.1, 0.15) is 5.75 Å². The van der Waals surface area contributed by atoms with Gasteiger partial charge in [-0.05, 0) is 45.0 Å². The van der Waals surface area contributed by atoms with Crippen LogP contribution in [0.4, 0.5) is 0 Å². The Morgan fingerprint density at radius 1 is 1.33 bits per heavy atom. The van der Waals surface area contributed by atoms with Gasteiger partial charge in [0.25, 0.3) is 0 Å². The van der Waals surface area contributed by atoms with Crippen LogP contribution in [0, 0.1) is 0 Å². The summed E-state index contributed by atoms with van der Waals surface area (Å²) in [4.78, 5) is 12.0. The fourth-order valence-electron chi connectivity index (χ4n) is 1.57. The van der Waals surface area contributed by atoms with E-state index in [4.69, 9.17) is 4.74 Å². The molecule has 1 unspecified atom stereocenters. The second-order valence-electron chi connectivity index (χ2n) is 4.47. The lowest BCUT2D eigenvalue weighted by molar-refractivity contribution is 0.0953. The predicted octanol–water partition coefficient (Wildman–Crippen LogP) is 2.82. The maximum atomic E-state index is 12.0. The molecule has 0 aromatic heterocycles. The lowest BCUT2D eigenvalue weighted by atomic mass is 10.1. The zero-order valence-electron chi connectivity index (χ0n) is 11.3. The molecule has 0 saturated carbocycles. The van der Waals surface area contributed by atoms with Gasteiger partial charge in [0, 0.05) is 12.1 Å². The molecule has 1 atom stereocenters. The van der Waals surface area contributed by atoms with Crippen molar-refractivity contribution in [3.05, 3.63) is 42.5 Å². The number of rotatable bonds is 7. The molecule has 1 aromatic carbocycles. The van der Waals surface area contributed by atoms with E-state index in [1.165, 1.54) is 0 Å². The van der Waals surface area contributed by atoms with E-state index in [1.807, 2.05) is 32.9 Å². The first-order chi connectivity index (χ1) is 8.54. The zero-order valence-corrected chi connectivity index (χ0v) is 11.3. The molecule has 3 heteroatoms. The monoisotopic (exact) mass is 247 g/mol. The molecule has 1 aromatic rings. The maximum Gasteiger partial charge on any atom is 0.179 e. The SMILES string of the molecule is C=CCNC(C)C(=O)c1ccc(OC(C)C)cc1. The van der Waals surface area contributed by atoms with E-state index in [9.17, 15) is 4.79 Å². The molecule has 0 bridgehead atoms. The number of benzene rings is 1. The van der Waals surface area contributed by atoms with E-state index < -0.39 is 0 Å². The number of Topliss-reactive ketones (excluding diaryl/α,β-unsaturated/α-hetero) is 1. The maximum absolute atomic E-state index is 12.0. The van der Waals surface area contributed by atoms with Gasteiger partial charge in [-0.25, -0.2) is 0 Å². The second-order valence-corrected chi connectivity index (χ2v) is 4.47. The normalized spacial score (nSPS) is 12.2. The largest absolute Gasteiger partial charge is 0.491 e. The van der Waals surface area contributed by atoms with Crippen LogP contribution in [0.2, 0.25) is 0 Å². The molecule has 0 aliphatic heterocycles. The van der Waals surface area contributed by atoms with E-state index in [1.54, 1.807) is 18.2 Å². The molecule has 3 nitrogen and oxygen atoms in total. The van der Waals surface area contributed by atoms with Crippen LogP contribution >= 0.6 is 0 Å². The first kappa shape index (κ1) is 14.5. The first-order valence-electron chi connectivity index (χ1n) is 6.19. The van der Waals surface area contributed by atoms with Gasteiger partial charge in [-0.15, -0.1) is 6.58 Å². The predicted molar refractivity (Wildman–Crippen MR) is 74.2 cm³/mol. The average Bonchev–Trinajstić information content (AvgIpc) is 2.35. The number of hydrogen-bond acceptors (Lipinski definition) is 3. The molecule has 18 heavy (non-hydrogen) atoms. The van der Waals surface area contributed by atoms with Gasteiger partial charge >= 0.3 is 0 Å². The number of carbonyl (C=O) groups excluding carboxylic acids is 1. The molecular formula is C15H21NO2. The van der Waals surface area contributed by atoms with Crippen molar-refractivity contribution in [3.8, 4) is 5.75 Å². The third-order valence-electron chi connectivity index (χ3n) is 2.47. The van der Waals surface area contributed by atoms with E-state index in [-0.39, 0.29) is 17.9 Å². The minimum atomic E-state index is -0.208. The third-order valence-corrected chi connectivity index (χ3v) is 2.47. The van der Waals surface area contributed by atoms with Crippen molar-refractivity contribution in [2.24, 2.45) is 0 Å². The van der Waals surface area contributed by atoms with Gasteiger partial charge in [0.05, 0.1) is 12.1 Å². The molecule has 0 saturated heterocycles. The Morgan fingerprint density at radius 3 is 2.44 bits per heavy atom. The Kier molecular flexibility index (Phi) is 5.59. The van der Waals surface area contributed by atoms with Gasteiger partial charge in [-0.3, -0.25) is 4.79 Å². The van der Waals surface area contributed by atoms with Crippen LogP contribution in [-0.4, -0.2) is 24.5 Å². The molecule has 0 spiro atoms. The molecule has 1 rings (SSSR count). The van der Waals surface area contributed by atoms with Crippen molar-refractivity contribution >= 4 is 5.78 Å². The minimum absolute atomic E-state index is 0.0768. The standard InChI is InChI=1S/C15H21NO2/c1-5-10-16-12(4)15(17)13-6-8-14(9-7-13)18-11(2)3/h5-9,11-12,16H,1,10H2,2-4H3. The van der Waals surface area contributed by atoms with Crippen LogP contribution in [-0.2, 0) is 0 Å². The van der Waals surface area contributed by atoms with Crippen molar-refractivity contribution in [1.29, 1.82) is 0 Å². The van der Waals surface area contributed by atoms with Gasteiger partial charge in [0.15, 0.2) is 5.78 Å². The number of carbonyl (C=O) groups is 1. The number of hydrogen-bond donors (Lipinski definition) is 1. The van der Waals surface area contributed by atoms with Gasteiger partial charge in [0.2, 0.25) is 0 Å². The van der Waals surface area contributed by atoms with Crippen LogP contribution in [0.1, 0.15) is 31.1 Å². The fraction of sp³-hybridized carbons (Fsp3) is 0.400. The highest BCUT2D eigenvalue weighted by atomic mass is 16.5. The highest BCUT2D eigenvalue weighted by molar-refractivity contribution is 5.99. The van der Waals surface area contributed by atoms with Gasteiger partial charge in [-0.1, -0.05) is 6.08 Å². The molecular weight excluding hydrogens is 226 g/mol. The Bertz CT molecular complexity index is 395. The molecule has 0 fully saturated rings. The molecule has 0 aliphatic carbocycles. The van der Waals surface area contributed by atoms with Crippen LogP contribution < -0.4 is 10.1 Å². The van der Waals surface area contributed by atoms with E-state index in [0.29, 0.717) is 12.1 Å². The molecule has 0 amide bonds. The summed E-state index contributed by atoms with van der Waals surface area (Å²) in [6, 6.07) is 7.04. The van der Waals surface area contributed by atoms with E-state index in [2.05, 4.69) is 11.9 Å². The summed E-state index contributed by atoms with van der Waals surface area (Å²) in [5.74, 6) is 0.862. The van der Waals surface area contributed by atoms with Crippen LogP contribution in [0.5, 0.6) is 5.75 Å². The summed E-state index contributed by atoms with van der Waals surface area (Å²) in [6.45, 7) is 10.0. The molecule has 1 N–H and O–H groups in total. The highest BCUT2D eigenvalue weighted by Gasteiger charge is 2.13. The number of ketones is 1. The van der Waals surface area contributed by atoms with Crippen molar-refractivity contribution < 1.29 is 9.53 Å². The lowest BCUT2D eigenvalue weighted by Gasteiger charge is -2.13. The Hall–Kier alpha value is -1.61. The Labute approximate surface area is 109 Å². The topological polar surface area (TPSA) is 38.3 Å². The second kappa shape index (κ2) is 6.97. The summed E-state index contributed by atoms with van der Waals surface area (Å²) >= 11 is 0. The van der Waals surface area contributed by atoms with Crippen LogP contribution in [0.15, 0.2) is 36.9 Å². The fourth-order valence-corrected chi connectivity index (χ4v) is 1.57. The van der Waals surface area contributed by atoms with Crippen molar-refractivity contribution in [2.45, 2.75) is 32.9 Å². The lowest BCUT2D eigenvalue weighted by Crippen LogP contribution is -2.33. The number of nitrogens with one attached hydrogen (secondary N) is 1. The average molecular weight is 247 g/mol. The van der Waals surface area contributed by atoms with Crippen molar-refractivity contribution in [2.75, 3.05) is 6.54 Å². The molecule has 0 radical (unpaired) electrons. The summed E-state index contributed by atoms with van der Waals surface area (Å²) in [7, 11) is 0. The van der Waals surface area contributed by atoms with Gasteiger partial charge < -0.3 is 10.1 Å². The number of ether oxygens (including phenoxy) is 1.